The Morgan fingerprint density at radius 3 is 2.37 bits per heavy atom. The highest BCUT2D eigenvalue weighted by Gasteiger charge is 2.17. The Balaban J connectivity index is 0.00000364. The van der Waals surface area contributed by atoms with E-state index in [2.05, 4.69) is 10.6 Å². The van der Waals surface area contributed by atoms with E-state index in [-0.39, 0.29) is 34.9 Å². The summed E-state index contributed by atoms with van der Waals surface area (Å²) >= 11 is 6.01. The Kier molecular flexibility index (Phi) is 7.94. The zero-order valence-corrected chi connectivity index (χ0v) is 17.1. The number of amides is 2. The molecule has 2 aromatic carbocycles. The number of hydrogen-bond acceptors (Lipinski definition) is 4. The van der Waals surface area contributed by atoms with Crippen molar-refractivity contribution in [2.75, 3.05) is 18.2 Å². The van der Waals surface area contributed by atoms with Gasteiger partial charge in [0, 0.05) is 23.4 Å². The highest BCUT2D eigenvalue weighted by Crippen LogP contribution is 2.29. The van der Waals surface area contributed by atoms with Crippen molar-refractivity contribution >= 4 is 47.2 Å². The van der Waals surface area contributed by atoms with Crippen LogP contribution in [0.25, 0.3) is 0 Å². The highest BCUT2D eigenvalue weighted by atomic mass is 35.5. The van der Waals surface area contributed by atoms with E-state index in [0.29, 0.717) is 22.7 Å². The van der Waals surface area contributed by atoms with Crippen molar-refractivity contribution < 1.29 is 14.3 Å². The Bertz CT molecular complexity index is 854. The molecule has 0 atom stereocenters. The summed E-state index contributed by atoms with van der Waals surface area (Å²) in [5.74, 6) is -0.293. The average Bonchev–Trinajstić information content (AvgIpc) is 2.57. The largest absolute Gasteiger partial charge is 0.496 e. The standard InChI is InChI=1S/C19H22ClN3O3.ClH/c1-10(2)22-18(24)13-7-12(6-5-11(13)3)23-19(25)14-8-15(20)16(21)9-17(14)26-4;/h5-10H,21H2,1-4H3,(H,22,24)(H,23,25);1H. The average molecular weight is 412 g/mol. The van der Waals surface area contributed by atoms with Gasteiger partial charge in [0.1, 0.15) is 5.75 Å². The minimum atomic E-state index is -0.414. The van der Waals surface area contributed by atoms with Crippen LogP contribution in [0.5, 0.6) is 5.75 Å². The fourth-order valence-corrected chi connectivity index (χ4v) is 2.56. The monoisotopic (exact) mass is 411 g/mol. The van der Waals surface area contributed by atoms with Crippen LogP contribution in [0, 0.1) is 6.92 Å². The molecule has 0 aliphatic rings. The lowest BCUT2D eigenvalue weighted by atomic mass is 10.1. The van der Waals surface area contributed by atoms with Crippen LogP contribution in [0.2, 0.25) is 5.02 Å². The number of methoxy groups -OCH3 is 1. The molecule has 0 unspecified atom stereocenters. The van der Waals surface area contributed by atoms with E-state index in [4.69, 9.17) is 22.1 Å². The van der Waals surface area contributed by atoms with Gasteiger partial charge in [0.2, 0.25) is 0 Å². The molecule has 8 heteroatoms. The number of carbonyl (C=O) groups excluding carboxylic acids is 2. The first-order chi connectivity index (χ1) is 12.2. The van der Waals surface area contributed by atoms with Crippen LogP contribution in [-0.2, 0) is 0 Å². The Labute approximate surface area is 169 Å². The summed E-state index contributed by atoms with van der Waals surface area (Å²) in [7, 11) is 1.44. The fourth-order valence-electron chi connectivity index (χ4n) is 2.40. The van der Waals surface area contributed by atoms with Crippen LogP contribution >= 0.6 is 24.0 Å². The van der Waals surface area contributed by atoms with Gasteiger partial charge in [0.15, 0.2) is 0 Å². The van der Waals surface area contributed by atoms with Crippen molar-refractivity contribution in [2.24, 2.45) is 0 Å². The Morgan fingerprint density at radius 2 is 1.78 bits per heavy atom. The van der Waals surface area contributed by atoms with Gasteiger partial charge in [-0.25, -0.2) is 0 Å². The molecule has 2 amide bonds. The molecule has 6 nitrogen and oxygen atoms in total. The van der Waals surface area contributed by atoms with Gasteiger partial charge < -0.3 is 21.1 Å². The number of halogens is 2. The number of hydrogen-bond donors (Lipinski definition) is 3. The second kappa shape index (κ2) is 9.48. The smallest absolute Gasteiger partial charge is 0.259 e. The first kappa shape index (κ1) is 22.6. The zero-order valence-electron chi connectivity index (χ0n) is 15.6. The first-order valence-corrected chi connectivity index (χ1v) is 8.46. The molecule has 2 aromatic rings. The molecule has 0 spiro atoms. The molecule has 0 heterocycles. The molecule has 0 aliphatic heterocycles. The van der Waals surface area contributed by atoms with Crippen LogP contribution in [0.15, 0.2) is 30.3 Å². The quantitative estimate of drug-likeness (QED) is 0.646. The van der Waals surface area contributed by atoms with E-state index in [1.807, 2.05) is 20.8 Å². The van der Waals surface area contributed by atoms with Gasteiger partial charge in [0.05, 0.1) is 23.4 Å². The van der Waals surface area contributed by atoms with Gasteiger partial charge in [-0.3, -0.25) is 9.59 Å². The number of anilines is 2. The fraction of sp³-hybridized carbons (Fsp3) is 0.263. The van der Waals surface area contributed by atoms with Crippen LogP contribution in [0.3, 0.4) is 0 Å². The van der Waals surface area contributed by atoms with E-state index in [0.717, 1.165) is 5.56 Å². The predicted octanol–water partition coefficient (Wildman–Crippen LogP) is 4.05. The number of rotatable bonds is 5. The molecule has 0 bridgehead atoms. The molecule has 0 aromatic heterocycles. The van der Waals surface area contributed by atoms with Gasteiger partial charge in [-0.2, -0.15) is 0 Å². The van der Waals surface area contributed by atoms with E-state index >= 15 is 0 Å². The van der Waals surface area contributed by atoms with Crippen LogP contribution in [0.4, 0.5) is 11.4 Å². The van der Waals surface area contributed by atoms with Crippen LogP contribution in [0.1, 0.15) is 40.1 Å². The van der Waals surface area contributed by atoms with Gasteiger partial charge in [-0.1, -0.05) is 17.7 Å². The van der Waals surface area contributed by atoms with Crippen molar-refractivity contribution in [1.82, 2.24) is 5.32 Å². The maximum absolute atomic E-state index is 12.6. The number of nitrogens with one attached hydrogen (secondary N) is 2. The molecule has 2 rings (SSSR count). The summed E-state index contributed by atoms with van der Waals surface area (Å²) < 4.78 is 5.20. The number of carbonyl (C=O) groups is 2. The Morgan fingerprint density at radius 1 is 1.11 bits per heavy atom. The molecule has 0 saturated heterocycles. The number of ether oxygens (including phenoxy) is 1. The lowest BCUT2D eigenvalue weighted by Crippen LogP contribution is -2.30. The zero-order chi connectivity index (χ0) is 19.4. The van der Waals surface area contributed by atoms with Gasteiger partial charge in [0.25, 0.3) is 11.8 Å². The van der Waals surface area contributed by atoms with Crippen molar-refractivity contribution in [3.63, 3.8) is 0 Å². The summed E-state index contributed by atoms with van der Waals surface area (Å²) in [5, 5.41) is 5.86. The minimum absolute atomic E-state index is 0. The molecular weight excluding hydrogens is 389 g/mol. The lowest BCUT2D eigenvalue weighted by Gasteiger charge is -2.14. The number of benzene rings is 2. The lowest BCUT2D eigenvalue weighted by molar-refractivity contribution is 0.0941. The van der Waals surface area contributed by atoms with Crippen LogP contribution < -0.4 is 21.1 Å². The maximum atomic E-state index is 12.6. The third kappa shape index (κ3) is 5.52. The molecule has 4 N–H and O–H groups in total. The second-order valence-electron chi connectivity index (χ2n) is 6.19. The molecule has 0 aliphatic carbocycles. The summed E-state index contributed by atoms with van der Waals surface area (Å²) in [6, 6.07) is 8.10. The molecular formula is C19H23Cl2N3O3. The van der Waals surface area contributed by atoms with Crippen molar-refractivity contribution in [2.45, 2.75) is 26.8 Å². The van der Waals surface area contributed by atoms with Crippen molar-refractivity contribution in [1.29, 1.82) is 0 Å². The van der Waals surface area contributed by atoms with Crippen LogP contribution in [-0.4, -0.2) is 25.0 Å². The topological polar surface area (TPSA) is 93.4 Å². The van der Waals surface area contributed by atoms with E-state index in [1.54, 1.807) is 18.2 Å². The van der Waals surface area contributed by atoms with Gasteiger partial charge >= 0.3 is 0 Å². The normalized spacial score (nSPS) is 10.1. The van der Waals surface area contributed by atoms with Gasteiger partial charge in [-0.05, 0) is 44.5 Å². The summed E-state index contributed by atoms with van der Waals surface area (Å²) in [5.41, 5.74) is 8.12. The SMILES string of the molecule is COc1cc(N)c(Cl)cc1C(=O)Nc1ccc(C)c(C(=O)NC(C)C)c1.Cl. The third-order valence-corrected chi connectivity index (χ3v) is 4.05. The number of nitrogens with two attached hydrogens (primary N) is 1. The Hall–Kier alpha value is -2.44. The number of nitrogen functional groups attached to an aromatic ring is 1. The molecule has 146 valence electrons. The second-order valence-corrected chi connectivity index (χ2v) is 6.59. The highest BCUT2D eigenvalue weighted by molar-refractivity contribution is 6.33. The molecule has 0 radical (unpaired) electrons. The van der Waals surface area contributed by atoms with E-state index in [1.165, 1.54) is 19.2 Å². The predicted molar refractivity (Wildman–Crippen MR) is 111 cm³/mol. The number of aryl methyl sites for hydroxylation is 1. The summed E-state index contributed by atoms with van der Waals surface area (Å²) in [6.07, 6.45) is 0. The van der Waals surface area contributed by atoms with Crippen molar-refractivity contribution in [3.8, 4) is 5.75 Å². The molecule has 27 heavy (non-hydrogen) atoms. The van der Waals surface area contributed by atoms with E-state index < -0.39 is 5.91 Å². The summed E-state index contributed by atoms with van der Waals surface area (Å²) in [6.45, 7) is 5.61. The van der Waals surface area contributed by atoms with Crippen molar-refractivity contribution in [3.05, 3.63) is 52.0 Å². The van der Waals surface area contributed by atoms with Gasteiger partial charge in [-0.15, -0.1) is 12.4 Å². The summed E-state index contributed by atoms with van der Waals surface area (Å²) in [4.78, 5) is 24.9. The van der Waals surface area contributed by atoms with E-state index in [9.17, 15) is 9.59 Å². The first-order valence-electron chi connectivity index (χ1n) is 8.08. The molecule has 0 fully saturated rings. The molecule has 0 saturated carbocycles. The third-order valence-electron chi connectivity index (χ3n) is 3.72. The maximum Gasteiger partial charge on any atom is 0.259 e. The minimum Gasteiger partial charge on any atom is -0.496 e.